The molecule has 2 heteroatoms. The Bertz CT molecular complexity index is 664. The zero-order valence-electron chi connectivity index (χ0n) is 30.4. The van der Waals surface area contributed by atoms with E-state index in [4.69, 9.17) is 0 Å². The minimum atomic E-state index is 0.620. The van der Waals surface area contributed by atoms with Gasteiger partial charge >= 0.3 is 0 Å². The molecule has 0 radical (unpaired) electrons. The van der Waals surface area contributed by atoms with Crippen LogP contribution in [0, 0.1) is 0 Å². The first-order chi connectivity index (χ1) is 21.2. The first-order valence-corrected chi connectivity index (χ1v) is 20.3. The first kappa shape index (κ1) is 40.2. The lowest BCUT2D eigenvalue weighted by atomic mass is 9.92. The Morgan fingerprint density at radius 2 is 0.744 bits per heavy atom. The minimum Gasteiger partial charge on any atom is -0.247 e. The molecule has 0 saturated carbocycles. The highest BCUT2D eigenvalue weighted by Gasteiger charge is 2.25. The molecule has 1 N–H and O–H groups in total. The fourth-order valence-corrected chi connectivity index (χ4v) is 7.13. The van der Waals surface area contributed by atoms with Crippen molar-refractivity contribution in [2.45, 2.75) is 245 Å². The third-order valence-electron chi connectivity index (χ3n) is 10.1. The largest absolute Gasteiger partial charge is 0.257 e. The molecule has 2 nitrogen and oxygen atoms in total. The van der Waals surface area contributed by atoms with Crippen LogP contribution in [0.25, 0.3) is 0 Å². The smallest absolute Gasteiger partial charge is 0.247 e. The summed E-state index contributed by atoms with van der Waals surface area (Å²) in [4.78, 5) is 3.74. The van der Waals surface area contributed by atoms with Gasteiger partial charge in [-0.15, -0.1) is 0 Å². The molecule has 2 unspecified atom stereocenters. The number of rotatable bonds is 34. The maximum absolute atomic E-state index is 3.74. The molecule has 254 valence electrons. The number of aromatic amines is 1. The van der Waals surface area contributed by atoms with E-state index in [-0.39, 0.29) is 0 Å². The quantitative estimate of drug-likeness (QED) is 0.0599. The molecule has 1 aromatic rings. The monoisotopic (exact) mass is 602 g/mol. The Labute approximate surface area is 272 Å². The van der Waals surface area contributed by atoms with Crippen LogP contribution in [0.2, 0.25) is 0 Å². The summed E-state index contributed by atoms with van der Waals surface area (Å²) < 4.78 is 2.62. The molecule has 0 saturated heterocycles. The highest BCUT2D eigenvalue weighted by Crippen LogP contribution is 2.27. The molecule has 0 aliphatic carbocycles. The van der Waals surface area contributed by atoms with Crippen molar-refractivity contribution in [1.82, 2.24) is 4.98 Å². The summed E-state index contributed by atoms with van der Waals surface area (Å²) in [5, 5.41) is 0. The normalized spacial score (nSPS) is 13.1. The van der Waals surface area contributed by atoms with Gasteiger partial charge in [-0.2, -0.15) is 0 Å². The van der Waals surface area contributed by atoms with Gasteiger partial charge in [-0.05, 0) is 32.6 Å². The number of hydrogen-bond acceptors (Lipinski definition) is 0. The van der Waals surface area contributed by atoms with E-state index in [0.29, 0.717) is 12.0 Å². The van der Waals surface area contributed by atoms with E-state index in [1.807, 2.05) is 0 Å². The van der Waals surface area contributed by atoms with E-state index >= 15 is 0 Å². The van der Waals surface area contributed by atoms with Gasteiger partial charge in [-0.3, -0.25) is 0 Å². The Balaban J connectivity index is 2.35. The predicted molar refractivity (Wildman–Crippen MR) is 193 cm³/mol. The van der Waals surface area contributed by atoms with Crippen molar-refractivity contribution in [3.63, 3.8) is 0 Å². The summed E-state index contributed by atoms with van der Waals surface area (Å²) in [5.41, 5.74) is 0. The molecular formula is C41H81N2+. The maximum Gasteiger partial charge on any atom is 0.257 e. The highest BCUT2D eigenvalue weighted by molar-refractivity contribution is 4.90. The number of imidazole rings is 1. The number of unbranched alkanes of at least 4 members (excludes halogenated alkanes) is 26. The molecule has 0 bridgehead atoms. The molecule has 2 atom stereocenters. The third-order valence-corrected chi connectivity index (χ3v) is 10.1. The van der Waals surface area contributed by atoms with Crippen molar-refractivity contribution in [2.24, 2.45) is 0 Å². The van der Waals surface area contributed by atoms with Crippen LogP contribution < -0.4 is 4.57 Å². The van der Waals surface area contributed by atoms with Crippen LogP contribution in [0.4, 0.5) is 0 Å². The van der Waals surface area contributed by atoms with Crippen LogP contribution in [0.3, 0.4) is 0 Å². The van der Waals surface area contributed by atoms with Crippen molar-refractivity contribution in [1.29, 1.82) is 0 Å². The van der Waals surface area contributed by atoms with Gasteiger partial charge in [0.25, 0.3) is 5.82 Å². The van der Waals surface area contributed by atoms with Crippen molar-refractivity contribution in [3.8, 4) is 0 Å². The Morgan fingerprint density at radius 1 is 0.442 bits per heavy atom. The molecule has 0 aliphatic rings. The summed E-state index contributed by atoms with van der Waals surface area (Å²) in [6, 6.07) is 0.620. The molecule has 1 rings (SSSR count). The van der Waals surface area contributed by atoms with Crippen LogP contribution in [0.5, 0.6) is 0 Å². The van der Waals surface area contributed by atoms with Gasteiger partial charge in [0, 0.05) is 0 Å². The van der Waals surface area contributed by atoms with E-state index in [1.54, 1.807) is 0 Å². The van der Waals surface area contributed by atoms with E-state index in [0.717, 1.165) is 0 Å². The van der Waals surface area contributed by atoms with E-state index in [9.17, 15) is 0 Å². The second-order valence-corrected chi connectivity index (χ2v) is 14.4. The van der Waals surface area contributed by atoms with Crippen LogP contribution >= 0.6 is 0 Å². The molecule has 0 amide bonds. The zero-order chi connectivity index (χ0) is 31.1. The molecule has 1 heterocycles. The minimum absolute atomic E-state index is 0.620. The van der Waals surface area contributed by atoms with Crippen LogP contribution in [-0.4, -0.2) is 4.98 Å². The van der Waals surface area contributed by atoms with Crippen LogP contribution in [0.15, 0.2) is 12.4 Å². The lowest BCUT2D eigenvalue weighted by Gasteiger charge is -2.17. The van der Waals surface area contributed by atoms with Crippen LogP contribution in [-0.2, 0) is 0 Å². The molecule has 1 aromatic heterocycles. The Morgan fingerprint density at radius 3 is 1.12 bits per heavy atom. The van der Waals surface area contributed by atoms with Gasteiger partial charge in [0.2, 0.25) is 0 Å². The average Bonchev–Trinajstić information content (AvgIpc) is 3.51. The van der Waals surface area contributed by atoms with E-state index in [2.05, 4.69) is 49.6 Å². The van der Waals surface area contributed by atoms with Gasteiger partial charge < -0.3 is 0 Å². The summed E-state index contributed by atoms with van der Waals surface area (Å²) in [5.74, 6) is 2.24. The second kappa shape index (κ2) is 31.2. The third kappa shape index (κ3) is 23.2. The average molecular weight is 602 g/mol. The Kier molecular flexibility index (Phi) is 29.2. The summed E-state index contributed by atoms with van der Waals surface area (Å²) in [6.07, 6.45) is 50.2. The van der Waals surface area contributed by atoms with Gasteiger partial charge in [0.15, 0.2) is 0 Å². The fraction of sp³-hybridized carbons (Fsp3) is 0.927. The fourth-order valence-electron chi connectivity index (χ4n) is 7.13. The summed E-state index contributed by atoms with van der Waals surface area (Å²) in [7, 11) is 0. The van der Waals surface area contributed by atoms with Crippen LogP contribution in [0.1, 0.15) is 251 Å². The molecule has 0 spiro atoms. The standard InChI is InChI=1S/C41H80N2/c1-5-8-11-14-16-18-20-22-24-26-28-30-33-36-40(35-32-29-27-25-23-21-19-17-15-12-9-6-2)41-42-37-38-43(41)39(4)34-31-13-10-7-3/h37-40H,5-36H2,1-4H3/p+1. The number of H-pyrrole nitrogens is 1. The van der Waals surface area contributed by atoms with Crippen molar-refractivity contribution < 1.29 is 4.57 Å². The summed E-state index contributed by atoms with van der Waals surface area (Å²) >= 11 is 0. The van der Waals surface area contributed by atoms with Gasteiger partial charge in [0.05, 0.1) is 12.0 Å². The molecule has 0 fully saturated rings. The molecular weight excluding hydrogens is 520 g/mol. The predicted octanol–water partition coefficient (Wildman–Crippen LogP) is 14.5. The Hall–Kier alpha value is -0.790. The lowest BCUT2D eigenvalue weighted by molar-refractivity contribution is -0.727. The molecule has 43 heavy (non-hydrogen) atoms. The highest BCUT2D eigenvalue weighted by atomic mass is 15.1. The zero-order valence-corrected chi connectivity index (χ0v) is 30.4. The molecule has 0 aliphatic heterocycles. The van der Waals surface area contributed by atoms with Gasteiger partial charge in [-0.25, -0.2) is 9.55 Å². The number of aromatic nitrogens is 2. The number of nitrogens with zero attached hydrogens (tertiary/aromatic N) is 1. The topological polar surface area (TPSA) is 19.7 Å². The molecule has 0 aromatic carbocycles. The van der Waals surface area contributed by atoms with Crippen molar-refractivity contribution in [2.75, 3.05) is 0 Å². The van der Waals surface area contributed by atoms with E-state index in [1.165, 1.54) is 211 Å². The summed E-state index contributed by atoms with van der Waals surface area (Å²) in [6.45, 7) is 9.40. The van der Waals surface area contributed by atoms with E-state index < -0.39 is 0 Å². The van der Waals surface area contributed by atoms with Crippen molar-refractivity contribution in [3.05, 3.63) is 18.2 Å². The van der Waals surface area contributed by atoms with Gasteiger partial charge in [0.1, 0.15) is 12.4 Å². The maximum atomic E-state index is 3.74. The first-order valence-electron chi connectivity index (χ1n) is 20.3. The van der Waals surface area contributed by atoms with Gasteiger partial charge in [-0.1, -0.05) is 201 Å². The SMILES string of the molecule is CCCCCCCCCCCCCCCC(CCCCCCCCCCCCCC)c1[nH]cc[n+]1C(C)CCCCCC. The number of nitrogens with one attached hydrogen (secondary N) is 1. The second-order valence-electron chi connectivity index (χ2n) is 14.4. The van der Waals surface area contributed by atoms with Crippen molar-refractivity contribution >= 4 is 0 Å². The number of hydrogen-bond donors (Lipinski definition) is 1. The lowest BCUT2D eigenvalue weighted by Crippen LogP contribution is -2.41.